The van der Waals surface area contributed by atoms with Crippen LogP contribution >= 0.6 is 0 Å². The van der Waals surface area contributed by atoms with E-state index in [1.807, 2.05) is 45.2 Å². The zero-order valence-corrected chi connectivity index (χ0v) is 31.0. The van der Waals surface area contributed by atoms with Gasteiger partial charge in [0, 0.05) is 101 Å². The molecule has 5 rings (SSSR count). The fourth-order valence-electron chi connectivity index (χ4n) is 6.51. The summed E-state index contributed by atoms with van der Waals surface area (Å²) >= 11 is 0. The predicted octanol–water partition coefficient (Wildman–Crippen LogP) is 4.46. The first kappa shape index (κ1) is 39.0. The van der Waals surface area contributed by atoms with Gasteiger partial charge >= 0.3 is 0 Å². The summed E-state index contributed by atoms with van der Waals surface area (Å²) in [5, 5.41) is 7.16. The molecule has 12 nitrogen and oxygen atoms in total. The zero-order chi connectivity index (χ0) is 36.9. The van der Waals surface area contributed by atoms with Crippen molar-refractivity contribution >= 4 is 46.4 Å². The number of fused-ring (bicyclic) bond motifs is 1. The number of hydrazone groups is 1. The molecule has 2 aromatic carbocycles. The van der Waals surface area contributed by atoms with Crippen LogP contribution in [0.25, 0.3) is 27.6 Å². The normalized spacial score (nSPS) is 15.3. The molecule has 3 aromatic rings. The predicted molar refractivity (Wildman–Crippen MR) is 207 cm³/mol. The lowest BCUT2D eigenvalue weighted by molar-refractivity contribution is -0.130. The van der Waals surface area contributed by atoms with E-state index in [-0.39, 0.29) is 36.0 Å². The molecule has 13 heteroatoms. The van der Waals surface area contributed by atoms with Crippen molar-refractivity contribution in [2.45, 2.75) is 33.1 Å². The monoisotopic (exact) mass is 703 g/mol. The molecule has 0 spiro atoms. The number of hydrogen-bond acceptors (Lipinski definition) is 9. The van der Waals surface area contributed by atoms with E-state index in [2.05, 4.69) is 36.3 Å². The molecule has 1 aromatic heterocycles. The van der Waals surface area contributed by atoms with E-state index in [0.717, 1.165) is 62.5 Å². The molecule has 2 amide bonds. The summed E-state index contributed by atoms with van der Waals surface area (Å²) in [6.45, 7) is 11.0. The average molecular weight is 704 g/mol. The molecule has 0 radical (unpaired) electrons. The maximum absolute atomic E-state index is 16.5. The molecule has 276 valence electrons. The lowest BCUT2D eigenvalue weighted by Gasteiger charge is -2.36. The number of nitrogens with two attached hydrogens (primary N) is 1. The van der Waals surface area contributed by atoms with Crippen molar-refractivity contribution in [3.05, 3.63) is 53.5 Å². The molecule has 51 heavy (non-hydrogen) atoms. The lowest BCUT2D eigenvalue weighted by atomic mass is 9.92. The number of aromatic nitrogens is 1. The van der Waals surface area contributed by atoms with Crippen molar-refractivity contribution in [3.63, 3.8) is 0 Å². The smallest absolute Gasteiger partial charge is 0.269 e. The number of nitrogens with one attached hydrogen (secondary N) is 2. The second-order valence-corrected chi connectivity index (χ2v) is 12.6. The Labute approximate surface area is 301 Å². The van der Waals surface area contributed by atoms with Gasteiger partial charge in [0.15, 0.2) is 5.82 Å². The number of hydrogen-bond donors (Lipinski definition) is 3. The minimum absolute atomic E-state index is 0.0658. The molecule has 1 fully saturated rings. The van der Waals surface area contributed by atoms with Gasteiger partial charge in [-0.25, -0.2) is 4.39 Å². The summed E-state index contributed by atoms with van der Waals surface area (Å²) in [7, 11) is 6.95. The molecule has 4 N–H and O–H groups in total. The van der Waals surface area contributed by atoms with E-state index in [4.69, 9.17) is 10.6 Å². The highest BCUT2D eigenvalue weighted by Crippen LogP contribution is 2.41. The summed E-state index contributed by atoms with van der Waals surface area (Å²) in [4.78, 5) is 41.3. The second kappa shape index (κ2) is 19.0. The minimum Gasteiger partial charge on any atom is -0.496 e. The van der Waals surface area contributed by atoms with Crippen molar-refractivity contribution in [1.82, 2.24) is 25.0 Å². The van der Waals surface area contributed by atoms with E-state index in [1.165, 1.54) is 17.3 Å². The Morgan fingerprint density at radius 3 is 2.51 bits per heavy atom. The van der Waals surface area contributed by atoms with E-state index in [0.29, 0.717) is 41.8 Å². The number of methoxy groups -OCH3 is 1. The van der Waals surface area contributed by atoms with Crippen LogP contribution in [-0.2, 0) is 4.79 Å². The largest absolute Gasteiger partial charge is 0.496 e. The van der Waals surface area contributed by atoms with Crippen molar-refractivity contribution in [2.24, 2.45) is 15.9 Å². The first-order valence-corrected chi connectivity index (χ1v) is 17.8. The highest BCUT2D eigenvalue weighted by Gasteiger charge is 2.26. The Kier molecular flexibility index (Phi) is 14.6. The molecule has 3 heterocycles. The third-order valence-corrected chi connectivity index (χ3v) is 9.17. The summed E-state index contributed by atoms with van der Waals surface area (Å²) in [5.41, 5.74) is 4.19. The van der Waals surface area contributed by atoms with Crippen molar-refractivity contribution in [3.8, 4) is 16.9 Å². The van der Waals surface area contributed by atoms with E-state index >= 15 is 4.39 Å². The fourth-order valence-corrected chi connectivity index (χ4v) is 6.51. The minimum atomic E-state index is -0.467. The topological polar surface area (TPSA) is 135 Å². The quantitative estimate of drug-likeness (QED) is 0.104. The van der Waals surface area contributed by atoms with Gasteiger partial charge in [-0.05, 0) is 68.4 Å². The number of rotatable bonds is 13. The number of H-pyrrole nitrogens is 1. The molecule has 0 aliphatic carbocycles. The number of amides is 2. The summed E-state index contributed by atoms with van der Waals surface area (Å²) < 4.78 is 22.5. The van der Waals surface area contributed by atoms with E-state index in [1.54, 1.807) is 32.2 Å². The maximum Gasteiger partial charge on any atom is 0.269 e. The number of aromatic amines is 1. The molecule has 0 unspecified atom stereocenters. The lowest BCUT2D eigenvalue weighted by Crippen LogP contribution is -2.46. The number of benzene rings is 2. The van der Waals surface area contributed by atoms with Crippen LogP contribution in [0.15, 0.2) is 46.5 Å². The highest BCUT2D eigenvalue weighted by atomic mass is 19.1. The fraction of sp³-hybridized carbons (Fsp3) is 0.474. The van der Waals surface area contributed by atoms with Crippen LogP contribution in [0.5, 0.6) is 5.75 Å². The number of ether oxygens (including phenoxy) is 1. The van der Waals surface area contributed by atoms with Crippen LogP contribution in [0.4, 0.5) is 10.1 Å². The standard InChI is InChI=1S/C36H48FN9O3.C2H6/c1-39-11-6-15-44-17-19-45(20-18-44)26-8-9-27(32(21-26)49-4)29-22-28(34(37)35-30(29)23-31(42-35)36(48)43(2)3)25-7-5-16-46(24-25)33(47)10-12-40-13-14-41-38;1-2/h7-9,13-14,21-23,39,42H,5-6,10-12,15-20,24,38H2,1-4H3;1-2H3/b40-13?,41-14-;. The number of aliphatic imine (C=N–C) groups is 1. The van der Waals surface area contributed by atoms with Crippen molar-refractivity contribution in [2.75, 3.05) is 92.1 Å². The third-order valence-electron chi connectivity index (χ3n) is 9.17. The molecule has 2 aliphatic rings. The first-order chi connectivity index (χ1) is 24.7. The Bertz CT molecular complexity index is 1720. The molecule has 2 aliphatic heterocycles. The molecule has 1 saturated heterocycles. The highest BCUT2D eigenvalue weighted by molar-refractivity contribution is 6.15. The average Bonchev–Trinajstić information content (AvgIpc) is 3.62. The number of anilines is 1. The van der Waals surface area contributed by atoms with Crippen LogP contribution in [0.3, 0.4) is 0 Å². The van der Waals surface area contributed by atoms with Gasteiger partial charge in [-0.15, -0.1) is 0 Å². The third kappa shape index (κ3) is 9.53. The van der Waals surface area contributed by atoms with Gasteiger partial charge in [-0.1, -0.05) is 19.9 Å². The van der Waals surface area contributed by atoms with Crippen LogP contribution in [0.1, 0.15) is 49.2 Å². The van der Waals surface area contributed by atoms with Gasteiger partial charge in [0.1, 0.15) is 11.4 Å². The number of piperazine rings is 1. The Hall–Kier alpha value is -4.75. The van der Waals surface area contributed by atoms with Crippen LogP contribution in [0, 0.1) is 5.82 Å². The molecular formula is C38H54FN9O3. The summed E-state index contributed by atoms with van der Waals surface area (Å²) in [5.74, 6) is 4.95. The van der Waals surface area contributed by atoms with Crippen molar-refractivity contribution in [1.29, 1.82) is 0 Å². The maximum atomic E-state index is 16.5. The van der Waals surface area contributed by atoms with E-state index < -0.39 is 5.82 Å². The molecule has 0 saturated carbocycles. The number of carbonyl (C=O) groups excluding carboxylic acids is 2. The number of halogens is 1. The first-order valence-electron chi connectivity index (χ1n) is 17.8. The van der Waals surface area contributed by atoms with Gasteiger partial charge in [-0.3, -0.25) is 19.5 Å². The van der Waals surface area contributed by atoms with Gasteiger partial charge in [0.05, 0.1) is 18.8 Å². The zero-order valence-electron chi connectivity index (χ0n) is 31.0. The number of carbonyl (C=O) groups is 2. The molecule has 0 atom stereocenters. The molecule has 0 bridgehead atoms. The van der Waals surface area contributed by atoms with E-state index in [9.17, 15) is 9.59 Å². The van der Waals surface area contributed by atoms with Crippen molar-refractivity contribution < 1.29 is 18.7 Å². The Morgan fingerprint density at radius 1 is 1.06 bits per heavy atom. The Morgan fingerprint density at radius 2 is 1.82 bits per heavy atom. The van der Waals surface area contributed by atoms with Gasteiger partial charge < -0.3 is 35.6 Å². The van der Waals surface area contributed by atoms with Crippen LogP contribution in [-0.4, -0.2) is 131 Å². The van der Waals surface area contributed by atoms with Gasteiger partial charge in [0.25, 0.3) is 5.91 Å². The summed E-state index contributed by atoms with van der Waals surface area (Å²) in [6, 6.07) is 9.69. The number of nitrogens with zero attached hydrogens (tertiary/aromatic N) is 6. The SMILES string of the molecule is CC.CNCCCN1CCN(c2ccc(-c3cc(C4=CCCN(C(=O)CCN=C/C=N\N)C4)c(F)c4[nH]c(C(=O)N(C)C)cc34)c(OC)c2)CC1. The second-order valence-electron chi connectivity index (χ2n) is 12.6. The Balaban J connectivity index is 0.00000286. The molecular weight excluding hydrogens is 649 g/mol. The van der Waals surface area contributed by atoms with Gasteiger partial charge in [-0.2, -0.15) is 5.10 Å². The van der Waals surface area contributed by atoms with Crippen LogP contribution < -0.4 is 20.8 Å². The summed E-state index contributed by atoms with van der Waals surface area (Å²) in [6.07, 6.45) is 6.74. The van der Waals surface area contributed by atoms with Crippen LogP contribution in [0.2, 0.25) is 0 Å². The van der Waals surface area contributed by atoms with Gasteiger partial charge in [0.2, 0.25) is 5.91 Å².